The van der Waals surface area contributed by atoms with Crippen LogP contribution in [-0.2, 0) is 16.0 Å². The average molecular weight is 380 g/mol. The zero-order chi connectivity index (χ0) is 19.9. The average Bonchev–Trinajstić information content (AvgIpc) is 2.69. The normalized spacial score (nSPS) is 11.5. The van der Waals surface area contributed by atoms with Gasteiger partial charge in [0.15, 0.2) is 5.90 Å². The van der Waals surface area contributed by atoms with Crippen molar-refractivity contribution in [2.45, 2.75) is 26.2 Å². The number of pyridine rings is 1. The highest BCUT2D eigenvalue weighted by Gasteiger charge is 2.10. The number of benzene rings is 1. The molecular formula is C20H20N4O4. The number of aromatic nitrogens is 3. The molecule has 0 spiro atoms. The molecule has 0 aliphatic rings. The predicted octanol–water partition coefficient (Wildman–Crippen LogP) is 2.84. The Morgan fingerprint density at radius 3 is 2.82 bits per heavy atom. The van der Waals surface area contributed by atoms with Crippen LogP contribution in [0.15, 0.2) is 52.5 Å². The van der Waals surface area contributed by atoms with Crippen LogP contribution in [0, 0.1) is 0 Å². The van der Waals surface area contributed by atoms with Crippen molar-refractivity contribution < 1.29 is 14.6 Å². The van der Waals surface area contributed by atoms with Crippen molar-refractivity contribution in [3.63, 3.8) is 0 Å². The van der Waals surface area contributed by atoms with Gasteiger partial charge in [-0.25, -0.2) is 10.1 Å². The summed E-state index contributed by atoms with van der Waals surface area (Å²) < 4.78 is 5.42. The van der Waals surface area contributed by atoms with E-state index in [1.807, 2.05) is 12.1 Å². The van der Waals surface area contributed by atoms with Gasteiger partial charge in [-0.15, -0.1) is 0 Å². The molecule has 8 heteroatoms. The third-order valence-electron chi connectivity index (χ3n) is 4.06. The van der Waals surface area contributed by atoms with Gasteiger partial charge in [0.2, 0.25) is 0 Å². The lowest BCUT2D eigenvalue weighted by molar-refractivity contribution is -0.136. The molecule has 0 radical (unpaired) electrons. The Balaban J connectivity index is 1.96. The van der Waals surface area contributed by atoms with E-state index in [0.717, 1.165) is 16.6 Å². The fraction of sp³-hybridized carbons (Fsp3) is 0.250. The first-order valence-corrected chi connectivity index (χ1v) is 8.89. The highest BCUT2D eigenvalue weighted by atomic mass is 16.5. The Bertz CT molecular complexity index is 1060. The van der Waals surface area contributed by atoms with Gasteiger partial charge in [0, 0.05) is 30.6 Å². The summed E-state index contributed by atoms with van der Waals surface area (Å²) in [4.78, 5) is 31.5. The van der Waals surface area contributed by atoms with Gasteiger partial charge in [0.1, 0.15) is 0 Å². The minimum atomic E-state index is -0.923. The number of fused-ring (bicyclic) bond motifs is 1. The lowest BCUT2D eigenvalue weighted by Crippen LogP contribution is -2.11. The topological polar surface area (TPSA) is 118 Å². The summed E-state index contributed by atoms with van der Waals surface area (Å²) in [6.07, 6.45) is 4.10. The fourth-order valence-electron chi connectivity index (χ4n) is 2.80. The number of rotatable bonds is 7. The summed E-state index contributed by atoms with van der Waals surface area (Å²) in [5.74, 6) is -0.598. The van der Waals surface area contributed by atoms with Crippen LogP contribution in [0.5, 0.6) is 0 Å². The molecule has 2 heterocycles. The molecule has 3 aromatic rings. The van der Waals surface area contributed by atoms with E-state index in [2.05, 4.69) is 20.2 Å². The molecule has 1 aromatic carbocycles. The number of ether oxygens (including phenoxy) is 1. The Hall–Kier alpha value is -3.55. The maximum Gasteiger partial charge on any atom is 0.303 e. The number of aliphatic carboxylic acids is 1. The van der Waals surface area contributed by atoms with Gasteiger partial charge in [0.05, 0.1) is 29.8 Å². The smallest absolute Gasteiger partial charge is 0.303 e. The number of nitrogens with one attached hydrogen (secondary N) is 1. The van der Waals surface area contributed by atoms with Crippen LogP contribution in [0.1, 0.15) is 31.0 Å². The van der Waals surface area contributed by atoms with E-state index < -0.39 is 5.97 Å². The molecular weight excluding hydrogens is 360 g/mol. The van der Waals surface area contributed by atoms with Crippen molar-refractivity contribution in [2.75, 3.05) is 6.61 Å². The van der Waals surface area contributed by atoms with E-state index >= 15 is 0 Å². The molecule has 28 heavy (non-hydrogen) atoms. The molecule has 3 rings (SSSR count). The third-order valence-corrected chi connectivity index (χ3v) is 4.06. The van der Waals surface area contributed by atoms with Gasteiger partial charge < -0.3 is 9.84 Å². The Morgan fingerprint density at radius 1 is 1.25 bits per heavy atom. The van der Waals surface area contributed by atoms with Crippen LogP contribution >= 0.6 is 0 Å². The molecule has 0 unspecified atom stereocenters. The van der Waals surface area contributed by atoms with Gasteiger partial charge in [-0.1, -0.05) is 12.1 Å². The fourth-order valence-corrected chi connectivity index (χ4v) is 2.80. The number of hydrogen-bond acceptors (Lipinski definition) is 6. The second kappa shape index (κ2) is 8.90. The molecule has 0 bridgehead atoms. The summed E-state index contributed by atoms with van der Waals surface area (Å²) >= 11 is 0. The number of aliphatic imine (C=N–C) groups is 1. The zero-order valence-corrected chi connectivity index (χ0v) is 15.4. The lowest BCUT2D eigenvalue weighted by atomic mass is 10.1. The maximum atomic E-state index is 12.3. The second-order valence-electron chi connectivity index (χ2n) is 6.10. The van der Waals surface area contributed by atoms with E-state index in [0.29, 0.717) is 30.0 Å². The molecule has 0 amide bonds. The van der Waals surface area contributed by atoms with Crippen molar-refractivity contribution >= 4 is 28.3 Å². The summed E-state index contributed by atoms with van der Waals surface area (Å²) in [6, 6.07) is 9.00. The monoisotopic (exact) mass is 380 g/mol. The van der Waals surface area contributed by atoms with Crippen molar-refractivity contribution in [1.29, 1.82) is 0 Å². The number of hydrogen-bond donors (Lipinski definition) is 2. The summed E-state index contributed by atoms with van der Waals surface area (Å²) in [6.45, 7) is 2.18. The number of carbonyl (C=O) groups is 1. The highest BCUT2D eigenvalue weighted by Crippen LogP contribution is 2.22. The molecule has 0 aliphatic heterocycles. The van der Waals surface area contributed by atoms with Crippen molar-refractivity contribution in [3.05, 3.63) is 64.3 Å². The molecule has 2 N–H and O–H groups in total. The Kier molecular flexibility index (Phi) is 6.11. The van der Waals surface area contributed by atoms with Gasteiger partial charge in [-0.05, 0) is 30.7 Å². The van der Waals surface area contributed by atoms with Crippen LogP contribution < -0.4 is 5.56 Å². The number of carboxylic acid groups (broad SMARTS) is 1. The second-order valence-corrected chi connectivity index (χ2v) is 6.10. The first kappa shape index (κ1) is 19.2. The molecule has 0 atom stereocenters. The molecule has 0 aliphatic carbocycles. The largest absolute Gasteiger partial charge is 0.481 e. The number of nitrogens with zero attached hydrogens (tertiary/aromatic N) is 3. The van der Waals surface area contributed by atoms with Crippen LogP contribution in [-0.4, -0.2) is 38.8 Å². The van der Waals surface area contributed by atoms with E-state index in [4.69, 9.17) is 9.84 Å². The van der Waals surface area contributed by atoms with Gasteiger partial charge in [0.25, 0.3) is 5.56 Å². The van der Waals surface area contributed by atoms with Gasteiger partial charge in [-0.2, -0.15) is 5.10 Å². The van der Waals surface area contributed by atoms with Crippen molar-refractivity contribution in [3.8, 4) is 0 Å². The maximum absolute atomic E-state index is 12.3. The summed E-state index contributed by atoms with van der Waals surface area (Å²) in [5.41, 5.74) is 1.92. The Morgan fingerprint density at radius 2 is 2.11 bits per heavy atom. The van der Waals surface area contributed by atoms with Crippen LogP contribution in [0.25, 0.3) is 10.8 Å². The molecule has 0 saturated heterocycles. The van der Waals surface area contributed by atoms with Crippen molar-refractivity contribution in [1.82, 2.24) is 15.2 Å². The Labute approximate surface area is 160 Å². The quantitative estimate of drug-likeness (QED) is 0.481. The number of carboxylic acids is 1. The molecule has 0 fully saturated rings. The van der Waals surface area contributed by atoms with Gasteiger partial charge >= 0.3 is 5.97 Å². The lowest BCUT2D eigenvalue weighted by Gasteiger charge is -2.08. The third kappa shape index (κ3) is 4.79. The molecule has 144 valence electrons. The van der Waals surface area contributed by atoms with E-state index in [-0.39, 0.29) is 18.4 Å². The predicted molar refractivity (Wildman–Crippen MR) is 105 cm³/mol. The minimum absolute atomic E-state index is 0.0772. The van der Waals surface area contributed by atoms with Crippen LogP contribution in [0.3, 0.4) is 0 Å². The van der Waals surface area contributed by atoms with E-state index in [1.165, 1.54) is 0 Å². The van der Waals surface area contributed by atoms with Crippen molar-refractivity contribution in [2.24, 2.45) is 4.99 Å². The number of aromatic amines is 1. The zero-order valence-electron chi connectivity index (χ0n) is 15.4. The highest BCUT2D eigenvalue weighted by molar-refractivity contribution is 5.88. The molecule has 2 aromatic heterocycles. The first-order chi connectivity index (χ1) is 13.6. The van der Waals surface area contributed by atoms with E-state index in [9.17, 15) is 9.59 Å². The first-order valence-electron chi connectivity index (χ1n) is 8.89. The van der Waals surface area contributed by atoms with Crippen LogP contribution in [0.4, 0.5) is 5.69 Å². The van der Waals surface area contributed by atoms with Gasteiger partial charge in [-0.3, -0.25) is 14.6 Å². The SMILES string of the molecule is CCOC(CCC(=O)O)=Nc1ccc2c(Cc3cccnc3)n[nH]c(=O)c2c1. The number of H-pyrrole nitrogens is 1. The van der Waals surface area contributed by atoms with Crippen LogP contribution in [0.2, 0.25) is 0 Å². The summed E-state index contributed by atoms with van der Waals surface area (Å²) in [7, 11) is 0. The summed E-state index contributed by atoms with van der Waals surface area (Å²) in [5, 5.41) is 16.8. The molecule has 8 nitrogen and oxygen atoms in total. The minimum Gasteiger partial charge on any atom is -0.481 e. The molecule has 0 saturated carbocycles. The van der Waals surface area contributed by atoms with E-state index in [1.54, 1.807) is 37.5 Å². The standard InChI is InChI=1S/C20H20N4O4/c1-2-28-18(7-8-19(25)26)22-14-5-6-15-16(11-14)20(27)24-23-17(15)10-13-4-3-9-21-12-13/h3-6,9,11-12H,2,7-8,10H2,1H3,(H,24,27)(H,25,26).